The number of aromatic carboxylic acids is 1. The molecule has 1 heterocycles. The van der Waals surface area contributed by atoms with E-state index >= 15 is 0 Å². The van der Waals surface area contributed by atoms with Crippen LogP contribution in [0.4, 0.5) is 0 Å². The first-order chi connectivity index (χ1) is 9.90. The summed E-state index contributed by atoms with van der Waals surface area (Å²) in [5.74, 6) is -1.55. The molecule has 2 amide bonds. The number of amides is 2. The Morgan fingerprint density at radius 2 is 1.86 bits per heavy atom. The lowest BCUT2D eigenvalue weighted by atomic mass is 9.96. The first-order valence-corrected chi connectivity index (χ1v) is 6.81. The highest BCUT2D eigenvalue weighted by atomic mass is 16.4. The maximum Gasteiger partial charge on any atom is 0.336 e. The molecular formula is C15H18N2O4. The molecular weight excluding hydrogens is 272 g/mol. The van der Waals surface area contributed by atoms with Gasteiger partial charge in [-0.05, 0) is 31.4 Å². The average molecular weight is 290 g/mol. The van der Waals surface area contributed by atoms with Crippen LogP contribution in [0, 0.1) is 13.8 Å². The largest absolute Gasteiger partial charge is 0.478 e. The molecule has 6 heteroatoms. The summed E-state index contributed by atoms with van der Waals surface area (Å²) in [6.45, 7) is 3.75. The number of hydrogen-bond acceptors (Lipinski definition) is 3. The van der Waals surface area contributed by atoms with Crippen LogP contribution in [0.15, 0.2) is 12.1 Å². The van der Waals surface area contributed by atoms with Crippen molar-refractivity contribution in [2.75, 3.05) is 6.54 Å². The topological polar surface area (TPSA) is 95.5 Å². The van der Waals surface area contributed by atoms with E-state index in [0.29, 0.717) is 30.5 Å². The monoisotopic (exact) mass is 290 g/mol. The summed E-state index contributed by atoms with van der Waals surface area (Å²) in [6, 6.07) is 3.26. The third-order valence-corrected chi connectivity index (χ3v) is 3.66. The zero-order valence-electron chi connectivity index (χ0n) is 12.0. The number of aryl methyl sites for hydroxylation is 2. The average Bonchev–Trinajstić information content (AvgIpc) is 2.43. The van der Waals surface area contributed by atoms with E-state index in [1.54, 1.807) is 26.0 Å². The molecule has 1 unspecified atom stereocenters. The highest BCUT2D eigenvalue weighted by molar-refractivity contribution is 6.06. The quantitative estimate of drug-likeness (QED) is 0.774. The minimum Gasteiger partial charge on any atom is -0.478 e. The fourth-order valence-corrected chi connectivity index (χ4v) is 2.49. The Hall–Kier alpha value is -2.37. The van der Waals surface area contributed by atoms with Crippen molar-refractivity contribution in [2.45, 2.75) is 32.7 Å². The second kappa shape index (κ2) is 5.95. The lowest BCUT2D eigenvalue weighted by Crippen LogP contribution is -2.48. The molecule has 1 aliphatic rings. The lowest BCUT2D eigenvalue weighted by Gasteiger charge is -2.24. The number of hydrogen-bond donors (Lipinski definition) is 3. The number of piperidine rings is 1. The van der Waals surface area contributed by atoms with Gasteiger partial charge in [0.15, 0.2) is 0 Å². The van der Waals surface area contributed by atoms with Crippen molar-refractivity contribution >= 4 is 17.8 Å². The maximum atomic E-state index is 12.4. The number of carboxylic acids is 1. The van der Waals surface area contributed by atoms with Crippen LogP contribution in [0.1, 0.15) is 44.7 Å². The van der Waals surface area contributed by atoms with Crippen LogP contribution >= 0.6 is 0 Å². The smallest absolute Gasteiger partial charge is 0.336 e. The van der Waals surface area contributed by atoms with E-state index in [0.717, 1.165) is 0 Å². The van der Waals surface area contributed by atoms with Gasteiger partial charge < -0.3 is 15.7 Å². The van der Waals surface area contributed by atoms with Crippen LogP contribution in [-0.4, -0.2) is 35.5 Å². The Bertz CT molecular complexity index is 600. The summed E-state index contributed by atoms with van der Waals surface area (Å²) in [5.41, 5.74) is 1.40. The van der Waals surface area contributed by atoms with Crippen molar-refractivity contribution in [3.63, 3.8) is 0 Å². The SMILES string of the molecule is Cc1ccc(C)c(C(=O)NC2CCC(=O)NC2)c1C(=O)O. The summed E-state index contributed by atoms with van der Waals surface area (Å²) in [5, 5.41) is 14.8. The van der Waals surface area contributed by atoms with Crippen LogP contribution in [0.5, 0.6) is 0 Å². The van der Waals surface area contributed by atoms with Crippen molar-refractivity contribution in [1.82, 2.24) is 10.6 Å². The second-order valence-corrected chi connectivity index (χ2v) is 5.27. The van der Waals surface area contributed by atoms with Gasteiger partial charge in [0, 0.05) is 19.0 Å². The van der Waals surface area contributed by atoms with Gasteiger partial charge in [0.25, 0.3) is 5.91 Å². The first-order valence-electron chi connectivity index (χ1n) is 6.81. The van der Waals surface area contributed by atoms with Gasteiger partial charge in [-0.2, -0.15) is 0 Å². The molecule has 0 radical (unpaired) electrons. The molecule has 0 aromatic heterocycles. The Labute approximate surface area is 122 Å². The van der Waals surface area contributed by atoms with Gasteiger partial charge >= 0.3 is 5.97 Å². The Kier molecular flexibility index (Phi) is 4.26. The molecule has 1 fully saturated rings. The first kappa shape index (κ1) is 15.0. The summed E-state index contributed by atoms with van der Waals surface area (Å²) >= 11 is 0. The van der Waals surface area contributed by atoms with E-state index in [1.807, 2.05) is 0 Å². The number of carboxylic acid groups (broad SMARTS) is 1. The summed E-state index contributed by atoms with van der Waals surface area (Å²) < 4.78 is 0. The van der Waals surface area contributed by atoms with E-state index < -0.39 is 11.9 Å². The lowest BCUT2D eigenvalue weighted by molar-refractivity contribution is -0.122. The molecule has 0 bridgehead atoms. The Morgan fingerprint density at radius 3 is 2.38 bits per heavy atom. The molecule has 21 heavy (non-hydrogen) atoms. The summed E-state index contributed by atoms with van der Waals surface area (Å²) in [7, 11) is 0. The number of benzene rings is 1. The maximum absolute atomic E-state index is 12.4. The third kappa shape index (κ3) is 3.21. The minimum absolute atomic E-state index is 0.0292. The van der Waals surface area contributed by atoms with E-state index in [2.05, 4.69) is 10.6 Å². The molecule has 1 atom stereocenters. The van der Waals surface area contributed by atoms with E-state index in [1.165, 1.54) is 0 Å². The zero-order chi connectivity index (χ0) is 15.6. The Morgan fingerprint density at radius 1 is 1.24 bits per heavy atom. The van der Waals surface area contributed by atoms with Gasteiger partial charge in [-0.25, -0.2) is 4.79 Å². The second-order valence-electron chi connectivity index (χ2n) is 5.27. The molecule has 1 saturated heterocycles. The molecule has 1 aliphatic heterocycles. The number of rotatable bonds is 3. The van der Waals surface area contributed by atoms with Crippen molar-refractivity contribution in [3.05, 3.63) is 34.4 Å². The predicted octanol–water partition coefficient (Wildman–Crippen LogP) is 1.01. The van der Waals surface area contributed by atoms with Gasteiger partial charge in [0.1, 0.15) is 0 Å². The molecule has 1 aromatic carbocycles. The molecule has 0 aliphatic carbocycles. The van der Waals surface area contributed by atoms with Crippen molar-refractivity contribution in [1.29, 1.82) is 0 Å². The van der Waals surface area contributed by atoms with Crippen LogP contribution in [-0.2, 0) is 4.79 Å². The molecule has 112 valence electrons. The van der Waals surface area contributed by atoms with Crippen LogP contribution in [0.2, 0.25) is 0 Å². The summed E-state index contributed by atoms with van der Waals surface area (Å²) in [4.78, 5) is 34.9. The van der Waals surface area contributed by atoms with Crippen LogP contribution in [0.25, 0.3) is 0 Å². The number of carbonyl (C=O) groups is 3. The minimum atomic E-state index is -1.11. The fraction of sp³-hybridized carbons (Fsp3) is 0.400. The van der Waals surface area contributed by atoms with E-state index in [4.69, 9.17) is 0 Å². The number of carbonyl (C=O) groups excluding carboxylic acids is 2. The highest BCUT2D eigenvalue weighted by Gasteiger charge is 2.25. The zero-order valence-corrected chi connectivity index (χ0v) is 12.0. The van der Waals surface area contributed by atoms with Crippen LogP contribution < -0.4 is 10.6 Å². The van der Waals surface area contributed by atoms with Gasteiger partial charge in [-0.1, -0.05) is 12.1 Å². The van der Waals surface area contributed by atoms with Gasteiger partial charge in [0.2, 0.25) is 5.91 Å². The van der Waals surface area contributed by atoms with Gasteiger partial charge in [-0.15, -0.1) is 0 Å². The highest BCUT2D eigenvalue weighted by Crippen LogP contribution is 2.19. The normalized spacial score (nSPS) is 18.0. The molecule has 1 aromatic rings. The molecule has 2 rings (SSSR count). The summed E-state index contributed by atoms with van der Waals surface area (Å²) in [6.07, 6.45) is 0.925. The van der Waals surface area contributed by atoms with Gasteiger partial charge in [0.05, 0.1) is 11.1 Å². The molecule has 6 nitrogen and oxygen atoms in total. The predicted molar refractivity (Wildman–Crippen MR) is 76.4 cm³/mol. The van der Waals surface area contributed by atoms with Crippen molar-refractivity contribution < 1.29 is 19.5 Å². The van der Waals surface area contributed by atoms with Crippen LogP contribution in [0.3, 0.4) is 0 Å². The number of nitrogens with one attached hydrogen (secondary N) is 2. The fourth-order valence-electron chi connectivity index (χ4n) is 2.49. The van der Waals surface area contributed by atoms with E-state index in [-0.39, 0.29) is 23.1 Å². The molecule has 0 saturated carbocycles. The van der Waals surface area contributed by atoms with Crippen molar-refractivity contribution in [3.8, 4) is 0 Å². The van der Waals surface area contributed by atoms with Crippen molar-refractivity contribution in [2.24, 2.45) is 0 Å². The third-order valence-electron chi connectivity index (χ3n) is 3.66. The van der Waals surface area contributed by atoms with Gasteiger partial charge in [-0.3, -0.25) is 9.59 Å². The molecule has 3 N–H and O–H groups in total. The standard InChI is InChI=1S/C15H18N2O4/c1-8-3-4-9(2)13(15(20)21)12(8)14(19)17-10-5-6-11(18)16-7-10/h3-4,10H,5-7H2,1-2H3,(H,16,18)(H,17,19)(H,20,21). The van der Waals surface area contributed by atoms with E-state index in [9.17, 15) is 19.5 Å². The molecule has 0 spiro atoms. The Balaban J connectivity index is 2.25.